The predicted octanol–water partition coefficient (Wildman–Crippen LogP) is 4.87. The first-order valence-corrected chi connectivity index (χ1v) is 10.4. The van der Waals surface area contributed by atoms with Crippen LogP contribution in [0.5, 0.6) is 0 Å². The number of amides is 2. The number of nitrogens with zero attached hydrogens (tertiary/aromatic N) is 3. The number of carbonyl (C=O) groups is 2. The summed E-state index contributed by atoms with van der Waals surface area (Å²) in [5.74, 6) is -1.39. The second-order valence-electron chi connectivity index (χ2n) is 8.08. The number of carbonyl (C=O) groups excluding carboxylic acids is 2. The number of aromatic nitrogens is 2. The summed E-state index contributed by atoms with van der Waals surface area (Å²) in [6.45, 7) is 6.89. The zero-order valence-electron chi connectivity index (χ0n) is 17.7. The van der Waals surface area contributed by atoms with E-state index in [1.807, 2.05) is 72.4 Å². The van der Waals surface area contributed by atoms with Crippen LogP contribution in [0.25, 0.3) is 33.0 Å². The van der Waals surface area contributed by atoms with Gasteiger partial charge in [-0.25, -0.2) is 0 Å². The molecule has 0 bridgehead atoms. The molecule has 2 amide bonds. The molecule has 6 nitrogen and oxygen atoms in total. The van der Waals surface area contributed by atoms with Crippen LogP contribution in [0.15, 0.2) is 60.9 Å². The summed E-state index contributed by atoms with van der Waals surface area (Å²) < 4.78 is 4.13. The second-order valence-corrected chi connectivity index (χ2v) is 8.08. The summed E-state index contributed by atoms with van der Waals surface area (Å²) in [5.41, 5.74) is 3.75. The van der Waals surface area contributed by atoms with Crippen LogP contribution in [0.4, 0.5) is 0 Å². The quantitative estimate of drug-likeness (QED) is 0.384. The van der Waals surface area contributed by atoms with Gasteiger partial charge >= 0.3 is 0 Å². The standard InChI is InChI=1S/C25H23N3O3/c1-4-26-13-18(16-9-5-7-11-20(16)26)22-23(25(30)28(31)24(22)29)19-14-27(15(2)3)21-12-8-6-10-17(19)21/h5-15,31H,4H2,1-3H3. The molecule has 1 N–H and O–H groups in total. The third-order valence-corrected chi connectivity index (χ3v) is 6.03. The van der Waals surface area contributed by atoms with Crippen molar-refractivity contribution in [2.75, 3.05) is 0 Å². The number of hydrogen-bond acceptors (Lipinski definition) is 3. The van der Waals surface area contributed by atoms with E-state index in [1.165, 1.54) is 0 Å². The first-order valence-electron chi connectivity index (χ1n) is 10.4. The Balaban J connectivity index is 1.88. The fraction of sp³-hybridized carbons (Fsp3) is 0.200. The number of para-hydroxylation sites is 2. The zero-order valence-corrected chi connectivity index (χ0v) is 17.7. The molecule has 4 aromatic rings. The van der Waals surface area contributed by atoms with Crippen LogP contribution in [0.1, 0.15) is 37.9 Å². The van der Waals surface area contributed by atoms with E-state index >= 15 is 0 Å². The first-order chi connectivity index (χ1) is 14.9. The first kappa shape index (κ1) is 19.3. The minimum absolute atomic E-state index is 0.169. The molecular weight excluding hydrogens is 390 g/mol. The lowest BCUT2D eigenvalue weighted by Crippen LogP contribution is -2.27. The summed E-state index contributed by atoms with van der Waals surface area (Å²) in [5, 5.41) is 12.3. The van der Waals surface area contributed by atoms with Crippen molar-refractivity contribution >= 4 is 44.8 Å². The van der Waals surface area contributed by atoms with Gasteiger partial charge in [0, 0.05) is 57.9 Å². The molecule has 0 aliphatic carbocycles. The van der Waals surface area contributed by atoms with E-state index in [0.29, 0.717) is 11.1 Å². The highest BCUT2D eigenvalue weighted by Crippen LogP contribution is 2.41. The largest absolute Gasteiger partial charge is 0.347 e. The van der Waals surface area contributed by atoms with Gasteiger partial charge in [-0.2, -0.15) is 0 Å². The van der Waals surface area contributed by atoms with Crippen molar-refractivity contribution < 1.29 is 14.8 Å². The lowest BCUT2D eigenvalue weighted by molar-refractivity contribution is -0.168. The third kappa shape index (κ3) is 2.68. The Bertz CT molecular complexity index is 1400. The van der Waals surface area contributed by atoms with Crippen LogP contribution in [-0.4, -0.2) is 31.2 Å². The highest BCUT2D eigenvalue weighted by molar-refractivity contribution is 6.50. The predicted molar refractivity (Wildman–Crippen MR) is 120 cm³/mol. The summed E-state index contributed by atoms with van der Waals surface area (Å²) in [4.78, 5) is 26.2. The van der Waals surface area contributed by atoms with Crippen molar-refractivity contribution in [1.29, 1.82) is 0 Å². The van der Waals surface area contributed by atoms with E-state index in [9.17, 15) is 14.8 Å². The maximum Gasteiger partial charge on any atom is 0.286 e. The molecule has 3 heterocycles. The minimum Gasteiger partial charge on any atom is -0.347 e. The summed E-state index contributed by atoms with van der Waals surface area (Å²) >= 11 is 0. The molecule has 1 aliphatic heterocycles. The Hall–Kier alpha value is -3.64. The molecule has 5 rings (SSSR count). The van der Waals surface area contributed by atoms with Gasteiger partial charge in [-0.15, -0.1) is 5.06 Å². The van der Waals surface area contributed by atoms with Crippen LogP contribution in [0.2, 0.25) is 0 Å². The van der Waals surface area contributed by atoms with E-state index in [1.54, 1.807) is 0 Å². The Morgan fingerprint density at radius 2 is 1.32 bits per heavy atom. The summed E-state index contributed by atoms with van der Waals surface area (Å²) in [6.07, 6.45) is 3.81. The van der Waals surface area contributed by atoms with Crippen molar-refractivity contribution in [3.63, 3.8) is 0 Å². The van der Waals surface area contributed by atoms with E-state index in [4.69, 9.17) is 0 Å². The number of fused-ring (bicyclic) bond motifs is 2. The fourth-order valence-corrected chi connectivity index (χ4v) is 4.56. The van der Waals surface area contributed by atoms with Gasteiger partial charge < -0.3 is 9.13 Å². The molecule has 6 heteroatoms. The number of benzene rings is 2. The van der Waals surface area contributed by atoms with Crippen molar-refractivity contribution in [3.05, 3.63) is 72.1 Å². The van der Waals surface area contributed by atoms with Gasteiger partial charge in [-0.1, -0.05) is 36.4 Å². The molecule has 156 valence electrons. The summed E-state index contributed by atoms with van der Waals surface area (Å²) in [7, 11) is 0. The molecule has 2 aromatic heterocycles. The van der Waals surface area contributed by atoms with Crippen molar-refractivity contribution in [2.45, 2.75) is 33.4 Å². The van der Waals surface area contributed by atoms with E-state index in [-0.39, 0.29) is 22.3 Å². The van der Waals surface area contributed by atoms with E-state index in [2.05, 4.69) is 18.4 Å². The van der Waals surface area contributed by atoms with Crippen molar-refractivity contribution in [3.8, 4) is 0 Å². The highest BCUT2D eigenvalue weighted by atomic mass is 16.5. The fourth-order valence-electron chi connectivity index (χ4n) is 4.56. The number of hydrogen-bond donors (Lipinski definition) is 1. The van der Waals surface area contributed by atoms with Crippen LogP contribution in [-0.2, 0) is 16.1 Å². The lowest BCUT2D eigenvalue weighted by Gasteiger charge is -2.08. The van der Waals surface area contributed by atoms with Gasteiger partial charge in [0.15, 0.2) is 0 Å². The molecule has 0 fully saturated rings. The average molecular weight is 413 g/mol. The molecule has 1 aliphatic rings. The van der Waals surface area contributed by atoms with Gasteiger partial charge in [0.05, 0.1) is 11.1 Å². The average Bonchev–Trinajstić information content (AvgIpc) is 3.40. The molecule has 31 heavy (non-hydrogen) atoms. The zero-order chi connectivity index (χ0) is 21.9. The third-order valence-electron chi connectivity index (χ3n) is 6.03. The Kier molecular flexibility index (Phi) is 4.34. The Morgan fingerprint density at radius 3 is 1.90 bits per heavy atom. The highest BCUT2D eigenvalue weighted by Gasteiger charge is 2.41. The van der Waals surface area contributed by atoms with Crippen LogP contribution in [0, 0.1) is 0 Å². The van der Waals surface area contributed by atoms with Crippen molar-refractivity contribution in [2.24, 2.45) is 0 Å². The van der Waals surface area contributed by atoms with E-state index in [0.717, 1.165) is 28.4 Å². The smallest absolute Gasteiger partial charge is 0.286 e. The minimum atomic E-state index is -0.694. The number of rotatable bonds is 4. The SMILES string of the molecule is CCn1cc(C2=C(c3cn(C(C)C)c4ccccc34)C(=O)N(O)C2=O)c2ccccc21. The number of aryl methyl sites for hydroxylation is 1. The summed E-state index contributed by atoms with van der Waals surface area (Å²) in [6, 6.07) is 15.8. The van der Waals surface area contributed by atoms with Gasteiger partial charge in [0.1, 0.15) is 0 Å². The molecule has 0 saturated heterocycles. The van der Waals surface area contributed by atoms with Crippen LogP contribution < -0.4 is 0 Å². The topological polar surface area (TPSA) is 67.5 Å². The van der Waals surface area contributed by atoms with Gasteiger partial charge in [0.2, 0.25) is 0 Å². The van der Waals surface area contributed by atoms with Gasteiger partial charge in [0.25, 0.3) is 11.8 Å². The maximum absolute atomic E-state index is 13.1. The molecule has 0 unspecified atom stereocenters. The second kappa shape index (κ2) is 6.96. The Morgan fingerprint density at radius 1 is 0.806 bits per heavy atom. The molecule has 2 aromatic carbocycles. The van der Waals surface area contributed by atoms with Crippen molar-refractivity contribution in [1.82, 2.24) is 14.2 Å². The van der Waals surface area contributed by atoms with Crippen LogP contribution >= 0.6 is 0 Å². The molecule has 0 radical (unpaired) electrons. The number of imide groups is 1. The molecule has 0 spiro atoms. The van der Waals surface area contributed by atoms with Crippen LogP contribution in [0.3, 0.4) is 0 Å². The maximum atomic E-state index is 13.1. The molecule has 0 saturated carbocycles. The number of hydroxylamine groups is 2. The Labute approximate surface area is 179 Å². The van der Waals surface area contributed by atoms with E-state index < -0.39 is 11.8 Å². The van der Waals surface area contributed by atoms with Gasteiger partial charge in [-0.3, -0.25) is 14.8 Å². The molecule has 0 atom stereocenters. The normalized spacial score (nSPS) is 14.8. The van der Waals surface area contributed by atoms with Gasteiger partial charge in [-0.05, 0) is 32.9 Å². The monoisotopic (exact) mass is 413 g/mol. The lowest BCUT2D eigenvalue weighted by atomic mass is 9.95. The molecular formula is C25H23N3O3.